The number of nitrogens with one attached hydrogen (secondary N) is 1. The van der Waals surface area contributed by atoms with Crippen LogP contribution >= 0.6 is 0 Å². The van der Waals surface area contributed by atoms with Gasteiger partial charge < -0.3 is 14.8 Å². The summed E-state index contributed by atoms with van der Waals surface area (Å²) in [5, 5.41) is 15.3. The minimum atomic E-state index is -2.97. The van der Waals surface area contributed by atoms with Crippen LogP contribution in [0.4, 0.5) is 19.1 Å². The molecule has 0 aliphatic carbocycles. The van der Waals surface area contributed by atoms with Crippen molar-refractivity contribution in [2.24, 2.45) is 0 Å². The maximum atomic E-state index is 14.9. The topological polar surface area (TPSA) is 94.6 Å². The fourth-order valence-corrected chi connectivity index (χ4v) is 4.56. The average molecular weight is 505 g/mol. The molecule has 192 valence electrons. The molecule has 10 nitrogen and oxygen atoms in total. The zero-order valence-corrected chi connectivity index (χ0v) is 20.0. The van der Waals surface area contributed by atoms with E-state index in [2.05, 4.69) is 25.7 Å². The lowest BCUT2D eigenvalue weighted by Gasteiger charge is -2.38. The Morgan fingerprint density at radius 1 is 1.19 bits per heavy atom. The van der Waals surface area contributed by atoms with Crippen LogP contribution in [0.25, 0.3) is 27.7 Å². The summed E-state index contributed by atoms with van der Waals surface area (Å²) in [6.45, 7) is 0.562. The van der Waals surface area contributed by atoms with Crippen molar-refractivity contribution in [3.8, 4) is 17.0 Å². The Balaban J connectivity index is 1.44. The van der Waals surface area contributed by atoms with E-state index in [0.717, 1.165) is 11.1 Å². The van der Waals surface area contributed by atoms with Crippen molar-refractivity contribution in [1.29, 1.82) is 0 Å². The van der Waals surface area contributed by atoms with E-state index in [1.807, 2.05) is 18.2 Å². The molecule has 5 rings (SSSR count). The number of rotatable bonds is 9. The first-order valence-corrected chi connectivity index (χ1v) is 11.6. The first kappa shape index (κ1) is 24.3. The van der Waals surface area contributed by atoms with Crippen LogP contribution in [0.15, 0.2) is 30.5 Å². The Morgan fingerprint density at radius 2 is 2.06 bits per heavy atom. The minimum Gasteiger partial charge on any atom is -0.479 e. The van der Waals surface area contributed by atoms with Crippen molar-refractivity contribution < 1.29 is 22.6 Å². The molecule has 0 spiro atoms. The number of fused-ring (bicyclic) bond motifs is 2. The number of piperidine rings is 1. The lowest BCUT2D eigenvalue weighted by Crippen LogP contribution is -2.55. The Labute approximate surface area is 205 Å². The van der Waals surface area contributed by atoms with Crippen molar-refractivity contribution in [1.82, 2.24) is 34.5 Å². The van der Waals surface area contributed by atoms with Gasteiger partial charge >= 0.3 is 0 Å². The smallest absolute Gasteiger partial charge is 0.280 e. The molecular weight excluding hydrogens is 477 g/mol. The molecule has 1 aromatic carbocycles. The molecule has 13 heteroatoms. The number of nitrogens with zero attached hydrogens (tertiary/aromatic N) is 7. The molecule has 1 aliphatic rings. The van der Waals surface area contributed by atoms with Gasteiger partial charge in [0.1, 0.15) is 17.7 Å². The molecule has 1 unspecified atom stereocenters. The number of hydrogen-bond acceptors (Lipinski definition) is 8. The fourth-order valence-electron chi connectivity index (χ4n) is 4.56. The maximum absolute atomic E-state index is 14.9. The van der Waals surface area contributed by atoms with Gasteiger partial charge in [0, 0.05) is 32.0 Å². The number of hydrogen-bond donors (Lipinski definition) is 1. The largest absolute Gasteiger partial charge is 0.479 e. The molecule has 0 amide bonds. The zero-order chi connectivity index (χ0) is 25.3. The number of methoxy groups -OCH3 is 2. The van der Waals surface area contributed by atoms with Gasteiger partial charge in [0.15, 0.2) is 0 Å². The molecule has 4 heterocycles. The van der Waals surface area contributed by atoms with Gasteiger partial charge in [-0.25, -0.2) is 22.4 Å². The second-order valence-electron chi connectivity index (χ2n) is 8.69. The molecule has 1 aliphatic heterocycles. The number of alkyl halides is 3. The summed E-state index contributed by atoms with van der Waals surface area (Å²) in [5.41, 5.74) is 3.50. The lowest BCUT2D eigenvalue weighted by molar-refractivity contribution is -0.0770. The van der Waals surface area contributed by atoms with Crippen LogP contribution in [-0.4, -0.2) is 93.6 Å². The molecule has 0 radical (unpaired) electrons. The molecule has 1 atom stereocenters. The van der Waals surface area contributed by atoms with E-state index >= 15 is 0 Å². The summed E-state index contributed by atoms with van der Waals surface area (Å²) in [7, 11) is 3.02. The van der Waals surface area contributed by atoms with Gasteiger partial charge in [0.2, 0.25) is 11.8 Å². The molecule has 36 heavy (non-hydrogen) atoms. The van der Waals surface area contributed by atoms with E-state index in [-0.39, 0.29) is 31.3 Å². The molecule has 1 saturated heterocycles. The Hall–Kier alpha value is -3.45. The zero-order valence-electron chi connectivity index (χ0n) is 20.0. The molecule has 1 N–H and O–H groups in total. The van der Waals surface area contributed by atoms with Crippen LogP contribution in [0.3, 0.4) is 0 Å². The number of likely N-dealkylation sites (tertiary alicyclic amines) is 1. The van der Waals surface area contributed by atoms with Gasteiger partial charge in [-0.05, 0) is 30.2 Å². The molecule has 3 aromatic heterocycles. The molecule has 0 saturated carbocycles. The molecular formula is C23H27F3N8O2. The summed E-state index contributed by atoms with van der Waals surface area (Å²) in [4.78, 5) is 6.08. The van der Waals surface area contributed by atoms with E-state index in [9.17, 15) is 13.2 Å². The Morgan fingerprint density at radius 3 is 2.81 bits per heavy atom. The second-order valence-corrected chi connectivity index (χ2v) is 8.69. The minimum absolute atomic E-state index is 0.0530. The number of aromatic nitrogens is 6. The van der Waals surface area contributed by atoms with Crippen LogP contribution in [0, 0.1) is 0 Å². The number of benzene rings is 1. The molecule has 4 aromatic rings. The third-order valence-electron chi connectivity index (χ3n) is 6.39. The van der Waals surface area contributed by atoms with Crippen molar-refractivity contribution >= 4 is 22.5 Å². The lowest BCUT2D eigenvalue weighted by atomic mass is 10.0. The SMILES string of the molecule is COCCN1CCC(Nc2nc(OC)c3c(-c4ccc5nnn(CCF)c5c4)ccn3n2)C(F)(F)C1. The van der Waals surface area contributed by atoms with Crippen molar-refractivity contribution in [3.05, 3.63) is 30.5 Å². The second kappa shape index (κ2) is 9.90. The Kier molecular flexibility index (Phi) is 6.67. The van der Waals surface area contributed by atoms with Crippen LogP contribution in [0.1, 0.15) is 6.42 Å². The van der Waals surface area contributed by atoms with Gasteiger partial charge in [-0.15, -0.1) is 10.2 Å². The maximum Gasteiger partial charge on any atom is 0.280 e. The normalized spacial score (nSPS) is 18.2. The molecule has 1 fully saturated rings. The van der Waals surface area contributed by atoms with Crippen LogP contribution in [0.5, 0.6) is 5.88 Å². The van der Waals surface area contributed by atoms with E-state index in [4.69, 9.17) is 9.47 Å². The highest BCUT2D eigenvalue weighted by molar-refractivity contribution is 5.89. The predicted molar refractivity (Wildman–Crippen MR) is 127 cm³/mol. The van der Waals surface area contributed by atoms with Gasteiger partial charge in [-0.2, -0.15) is 4.98 Å². The van der Waals surface area contributed by atoms with Crippen LogP contribution < -0.4 is 10.1 Å². The third kappa shape index (κ3) is 4.55. The van der Waals surface area contributed by atoms with Gasteiger partial charge in [-0.3, -0.25) is 4.90 Å². The van der Waals surface area contributed by atoms with Gasteiger partial charge in [0.05, 0.1) is 38.4 Å². The highest BCUT2D eigenvalue weighted by atomic mass is 19.3. The van der Waals surface area contributed by atoms with E-state index < -0.39 is 18.6 Å². The summed E-state index contributed by atoms with van der Waals surface area (Å²) in [6, 6.07) is 6.27. The standard InChI is InChI=1S/C23H27F3N8O2/c1-35-12-11-32-8-6-19(23(25,26)14-32)27-22-28-21(36-2)20-16(5-9-34(20)30-22)15-3-4-17-18(13-15)33(10-7-24)31-29-17/h3-5,9,13,19H,6-8,10-12,14H2,1-2H3,(H,27,30). The van der Waals surface area contributed by atoms with Gasteiger partial charge in [-0.1, -0.05) is 11.3 Å². The quantitative estimate of drug-likeness (QED) is 0.372. The monoisotopic (exact) mass is 504 g/mol. The predicted octanol–water partition coefficient (Wildman–Crippen LogP) is 2.89. The number of anilines is 1. The van der Waals surface area contributed by atoms with Crippen molar-refractivity contribution in [2.45, 2.75) is 24.9 Å². The Bertz CT molecular complexity index is 1360. The number of halogens is 3. The first-order chi connectivity index (χ1) is 17.4. The summed E-state index contributed by atoms with van der Waals surface area (Å²) in [5.74, 6) is -2.67. The molecule has 0 bridgehead atoms. The first-order valence-electron chi connectivity index (χ1n) is 11.6. The van der Waals surface area contributed by atoms with E-state index in [0.29, 0.717) is 36.2 Å². The number of ether oxygens (including phenoxy) is 2. The highest BCUT2D eigenvalue weighted by Crippen LogP contribution is 2.34. The third-order valence-corrected chi connectivity index (χ3v) is 6.39. The van der Waals surface area contributed by atoms with Crippen LogP contribution in [-0.2, 0) is 11.3 Å². The van der Waals surface area contributed by atoms with Crippen molar-refractivity contribution in [2.75, 3.05) is 52.5 Å². The summed E-state index contributed by atoms with van der Waals surface area (Å²) < 4.78 is 56.2. The highest BCUT2D eigenvalue weighted by Gasteiger charge is 2.45. The van der Waals surface area contributed by atoms with E-state index in [1.54, 1.807) is 28.8 Å². The van der Waals surface area contributed by atoms with Crippen LogP contribution in [0.2, 0.25) is 0 Å². The summed E-state index contributed by atoms with van der Waals surface area (Å²) in [6.07, 6.45) is 1.95. The fraction of sp³-hybridized carbons (Fsp3) is 0.478. The van der Waals surface area contributed by atoms with E-state index in [1.165, 1.54) is 11.8 Å². The average Bonchev–Trinajstić information content (AvgIpc) is 3.47. The summed E-state index contributed by atoms with van der Waals surface area (Å²) >= 11 is 0. The van der Waals surface area contributed by atoms with Crippen molar-refractivity contribution in [3.63, 3.8) is 0 Å². The van der Waals surface area contributed by atoms with Gasteiger partial charge in [0.25, 0.3) is 5.92 Å². The number of aryl methyl sites for hydroxylation is 1.